The van der Waals surface area contributed by atoms with Gasteiger partial charge in [-0.25, -0.2) is 17.9 Å². The molecule has 0 saturated carbocycles. The summed E-state index contributed by atoms with van der Waals surface area (Å²) in [6.45, 7) is 1.70. The molecule has 0 amide bonds. The number of halogens is 1. The maximum Gasteiger partial charge on any atom is 0.336 e. The van der Waals surface area contributed by atoms with Crippen molar-refractivity contribution in [2.75, 3.05) is 6.54 Å². The topological polar surface area (TPSA) is 83.5 Å². The predicted octanol–water partition coefficient (Wildman–Crippen LogP) is 1.76. The lowest BCUT2D eigenvalue weighted by atomic mass is 10.1. The van der Waals surface area contributed by atoms with Crippen molar-refractivity contribution < 1.29 is 18.3 Å². The molecule has 0 aliphatic heterocycles. The molecule has 1 rings (SSSR count). The molecule has 0 unspecified atom stereocenters. The molecular formula is C12H12BrNO4S. The molecule has 0 bridgehead atoms. The van der Waals surface area contributed by atoms with E-state index in [1.807, 2.05) is 0 Å². The van der Waals surface area contributed by atoms with E-state index in [1.165, 1.54) is 6.07 Å². The number of terminal acetylenes is 1. The van der Waals surface area contributed by atoms with E-state index < -0.39 is 16.0 Å². The van der Waals surface area contributed by atoms with Crippen molar-refractivity contribution in [3.05, 3.63) is 27.7 Å². The maximum absolute atomic E-state index is 12.0. The van der Waals surface area contributed by atoms with Crippen molar-refractivity contribution in [2.45, 2.75) is 18.2 Å². The van der Waals surface area contributed by atoms with E-state index in [-0.39, 0.29) is 23.4 Å². The third kappa shape index (κ3) is 3.80. The van der Waals surface area contributed by atoms with Gasteiger partial charge in [-0.2, -0.15) is 0 Å². The maximum atomic E-state index is 12.0. The van der Waals surface area contributed by atoms with E-state index in [0.717, 1.165) is 6.07 Å². The van der Waals surface area contributed by atoms with Gasteiger partial charge in [-0.3, -0.25) is 0 Å². The van der Waals surface area contributed by atoms with E-state index in [2.05, 4.69) is 26.6 Å². The van der Waals surface area contributed by atoms with Gasteiger partial charge in [-0.1, -0.05) is 15.9 Å². The average molecular weight is 346 g/mol. The minimum absolute atomic E-state index is 0.0632. The number of carboxylic acids is 1. The van der Waals surface area contributed by atoms with E-state index in [0.29, 0.717) is 10.0 Å². The second-order valence-corrected chi connectivity index (χ2v) is 6.36. The normalized spacial score (nSPS) is 11.0. The Bertz CT molecular complexity index is 646. The van der Waals surface area contributed by atoms with Crippen LogP contribution in [0.25, 0.3) is 0 Å². The average Bonchev–Trinajstić information content (AvgIpc) is 2.32. The number of nitrogens with one attached hydrogen (secondary N) is 1. The minimum Gasteiger partial charge on any atom is -0.478 e. The van der Waals surface area contributed by atoms with Crippen molar-refractivity contribution in [2.24, 2.45) is 0 Å². The summed E-state index contributed by atoms with van der Waals surface area (Å²) in [7, 11) is -3.77. The minimum atomic E-state index is -3.77. The zero-order valence-electron chi connectivity index (χ0n) is 10.1. The van der Waals surface area contributed by atoms with Gasteiger partial charge in [0.1, 0.15) is 0 Å². The van der Waals surface area contributed by atoms with Crippen LogP contribution in [-0.2, 0) is 10.0 Å². The fourth-order valence-electron chi connectivity index (χ4n) is 1.37. The monoisotopic (exact) mass is 345 g/mol. The summed E-state index contributed by atoms with van der Waals surface area (Å²) in [6.07, 6.45) is 5.30. The third-order valence-corrected chi connectivity index (χ3v) is 4.68. The van der Waals surface area contributed by atoms with Crippen molar-refractivity contribution in [3.8, 4) is 12.3 Å². The van der Waals surface area contributed by atoms with Crippen LogP contribution in [0.4, 0.5) is 0 Å². The van der Waals surface area contributed by atoms with Crippen LogP contribution in [0.15, 0.2) is 21.5 Å². The zero-order valence-corrected chi connectivity index (χ0v) is 12.5. The van der Waals surface area contributed by atoms with E-state index >= 15 is 0 Å². The molecule has 0 aromatic heterocycles. The number of carbonyl (C=O) groups is 1. The Balaban J connectivity index is 3.22. The molecule has 102 valence electrons. The highest BCUT2D eigenvalue weighted by molar-refractivity contribution is 9.10. The molecule has 2 N–H and O–H groups in total. The van der Waals surface area contributed by atoms with Crippen LogP contribution in [0.1, 0.15) is 22.3 Å². The van der Waals surface area contributed by atoms with Gasteiger partial charge in [0, 0.05) is 17.4 Å². The van der Waals surface area contributed by atoms with Crippen LogP contribution in [0.3, 0.4) is 0 Å². The summed E-state index contributed by atoms with van der Waals surface area (Å²) < 4.78 is 26.6. The van der Waals surface area contributed by atoms with Crippen LogP contribution < -0.4 is 4.72 Å². The Labute approximate surface area is 120 Å². The first-order valence-corrected chi connectivity index (χ1v) is 7.53. The van der Waals surface area contributed by atoms with E-state index in [4.69, 9.17) is 11.5 Å². The Kier molecular flexibility index (Phi) is 5.11. The predicted molar refractivity (Wildman–Crippen MR) is 74.5 cm³/mol. The summed E-state index contributed by atoms with van der Waals surface area (Å²) in [5.41, 5.74) is 0.404. The SMILES string of the molecule is C#CCCNS(=O)(=O)c1cc(Br)c(C)c(C(=O)O)c1. The molecule has 0 aliphatic rings. The number of rotatable bonds is 5. The molecule has 0 radical (unpaired) electrons. The quantitative estimate of drug-likeness (QED) is 0.629. The third-order valence-electron chi connectivity index (χ3n) is 2.42. The lowest BCUT2D eigenvalue weighted by molar-refractivity contribution is 0.0695. The van der Waals surface area contributed by atoms with Crippen molar-refractivity contribution in [3.63, 3.8) is 0 Å². The zero-order chi connectivity index (χ0) is 14.6. The first-order chi connectivity index (χ1) is 8.79. The van der Waals surface area contributed by atoms with E-state index in [9.17, 15) is 13.2 Å². The molecule has 0 fully saturated rings. The molecular weight excluding hydrogens is 334 g/mol. The summed E-state index contributed by atoms with van der Waals surface area (Å²) in [5, 5.41) is 9.03. The van der Waals surface area contributed by atoms with Gasteiger partial charge in [0.25, 0.3) is 0 Å². The highest BCUT2D eigenvalue weighted by Gasteiger charge is 2.19. The Morgan fingerprint density at radius 1 is 1.53 bits per heavy atom. The molecule has 1 aromatic rings. The smallest absolute Gasteiger partial charge is 0.336 e. The van der Waals surface area contributed by atoms with Gasteiger partial charge in [0.15, 0.2) is 0 Å². The van der Waals surface area contributed by atoms with Crippen molar-refractivity contribution in [1.29, 1.82) is 0 Å². The second-order valence-electron chi connectivity index (χ2n) is 3.73. The second kappa shape index (κ2) is 6.19. The first kappa shape index (κ1) is 15.7. The molecule has 7 heteroatoms. The Hall–Kier alpha value is -1.36. The molecule has 0 atom stereocenters. The number of hydrogen-bond donors (Lipinski definition) is 2. The highest BCUT2D eigenvalue weighted by atomic mass is 79.9. The molecule has 0 heterocycles. The van der Waals surface area contributed by atoms with Crippen LogP contribution in [0, 0.1) is 19.3 Å². The molecule has 0 aliphatic carbocycles. The lowest BCUT2D eigenvalue weighted by Crippen LogP contribution is -2.25. The van der Waals surface area contributed by atoms with Gasteiger partial charge in [-0.15, -0.1) is 12.3 Å². The molecule has 0 spiro atoms. The van der Waals surface area contributed by atoms with Crippen LogP contribution in [-0.4, -0.2) is 26.0 Å². The van der Waals surface area contributed by atoms with Crippen LogP contribution >= 0.6 is 15.9 Å². The van der Waals surface area contributed by atoms with Crippen molar-refractivity contribution >= 4 is 31.9 Å². The van der Waals surface area contributed by atoms with Gasteiger partial charge >= 0.3 is 5.97 Å². The number of benzene rings is 1. The summed E-state index contributed by atoms with van der Waals surface area (Å²) in [5.74, 6) is 1.13. The van der Waals surface area contributed by atoms with Gasteiger partial charge in [0.2, 0.25) is 10.0 Å². The summed E-state index contributed by atoms with van der Waals surface area (Å²) in [6, 6.07) is 2.49. The molecule has 5 nitrogen and oxygen atoms in total. The number of sulfonamides is 1. The number of hydrogen-bond acceptors (Lipinski definition) is 3. The number of aromatic carboxylic acids is 1. The molecule has 1 aromatic carbocycles. The largest absolute Gasteiger partial charge is 0.478 e. The Morgan fingerprint density at radius 3 is 2.68 bits per heavy atom. The van der Waals surface area contributed by atoms with Crippen LogP contribution in [0.5, 0.6) is 0 Å². The standard InChI is InChI=1S/C12H12BrNO4S/c1-3-4-5-14-19(17,18)9-6-10(12(15)16)8(2)11(13)7-9/h1,6-7,14H,4-5H2,2H3,(H,15,16). The lowest BCUT2D eigenvalue weighted by Gasteiger charge is -2.09. The van der Waals surface area contributed by atoms with Gasteiger partial charge in [-0.05, 0) is 24.6 Å². The summed E-state index contributed by atoms with van der Waals surface area (Å²) in [4.78, 5) is 10.9. The fourth-order valence-corrected chi connectivity index (χ4v) is 3.07. The van der Waals surface area contributed by atoms with Crippen LogP contribution in [0.2, 0.25) is 0 Å². The molecule has 0 saturated heterocycles. The van der Waals surface area contributed by atoms with Gasteiger partial charge < -0.3 is 5.11 Å². The Morgan fingerprint density at radius 2 is 2.16 bits per heavy atom. The van der Waals surface area contributed by atoms with Crippen molar-refractivity contribution in [1.82, 2.24) is 4.72 Å². The first-order valence-electron chi connectivity index (χ1n) is 5.26. The molecule has 19 heavy (non-hydrogen) atoms. The van der Waals surface area contributed by atoms with Gasteiger partial charge in [0.05, 0.1) is 10.5 Å². The highest BCUT2D eigenvalue weighted by Crippen LogP contribution is 2.24. The summed E-state index contributed by atoms with van der Waals surface area (Å²) >= 11 is 3.15. The van der Waals surface area contributed by atoms with E-state index in [1.54, 1.807) is 6.92 Å². The number of carboxylic acid groups (broad SMARTS) is 1. The fraction of sp³-hybridized carbons (Fsp3) is 0.250.